The summed E-state index contributed by atoms with van der Waals surface area (Å²) < 4.78 is 7.16. The zero-order chi connectivity index (χ0) is 42.8. The van der Waals surface area contributed by atoms with E-state index in [9.17, 15) is 0 Å². The molecule has 0 aliphatic carbocycles. The summed E-state index contributed by atoms with van der Waals surface area (Å²) in [5, 5.41) is 3.49. The Balaban J connectivity index is 1.09. The second-order valence-corrected chi connectivity index (χ2v) is 16.6. The molecular formula is C60H39N5. The molecule has 13 rings (SSSR count). The van der Waals surface area contributed by atoms with Crippen LogP contribution in [0.1, 0.15) is 0 Å². The lowest BCUT2D eigenvalue weighted by Gasteiger charge is -2.13. The lowest BCUT2D eigenvalue weighted by Crippen LogP contribution is -2.04. The molecule has 65 heavy (non-hydrogen) atoms. The van der Waals surface area contributed by atoms with Crippen LogP contribution < -0.4 is 0 Å². The third kappa shape index (κ3) is 6.01. The number of para-hydroxylation sites is 3. The number of hydrogen-bond acceptors (Lipinski definition) is 2. The zero-order valence-electron chi connectivity index (χ0n) is 35.3. The molecule has 4 aromatic heterocycles. The molecule has 9 aromatic carbocycles. The molecule has 304 valence electrons. The summed E-state index contributed by atoms with van der Waals surface area (Å²) >= 11 is 0. The Bertz CT molecular complexity index is 3780. The van der Waals surface area contributed by atoms with Gasteiger partial charge >= 0.3 is 0 Å². The van der Waals surface area contributed by atoms with Crippen molar-refractivity contribution in [1.82, 2.24) is 23.5 Å². The van der Waals surface area contributed by atoms with E-state index < -0.39 is 0 Å². The second-order valence-electron chi connectivity index (χ2n) is 16.6. The molecule has 0 bridgehead atoms. The molecule has 5 nitrogen and oxygen atoms in total. The first-order valence-electron chi connectivity index (χ1n) is 22.1. The standard InChI is InChI=1S/C60H39N5/c1-5-17-40(18-6-1)42-29-33-44(34-30-42)51-38-52(45-35-31-43(32-36-45)41-19-7-2-8-20-41)62-60(61-51)65-53-27-15-13-25-48(53)50-37-56-57(39-55(50)65)63(47-23-11-4-12-24-47)59-58(46-21-9-3-10-22-46)49-26-14-16-28-54(49)64(56)59/h1-39H. The fourth-order valence-electron chi connectivity index (χ4n) is 9.85. The molecule has 0 spiro atoms. The Morgan fingerprint density at radius 2 is 0.738 bits per heavy atom. The molecule has 0 amide bonds. The number of imidazole rings is 1. The predicted molar refractivity (Wildman–Crippen MR) is 269 cm³/mol. The summed E-state index contributed by atoms with van der Waals surface area (Å²) in [6, 6.07) is 84.3. The van der Waals surface area contributed by atoms with Crippen molar-refractivity contribution in [1.29, 1.82) is 0 Å². The fourth-order valence-corrected chi connectivity index (χ4v) is 9.85. The van der Waals surface area contributed by atoms with Gasteiger partial charge in [-0.25, -0.2) is 9.97 Å². The monoisotopic (exact) mass is 829 g/mol. The van der Waals surface area contributed by atoms with Gasteiger partial charge in [0.1, 0.15) is 5.65 Å². The van der Waals surface area contributed by atoms with Gasteiger partial charge in [-0.2, -0.15) is 0 Å². The van der Waals surface area contributed by atoms with Crippen LogP contribution in [0.5, 0.6) is 0 Å². The molecule has 0 atom stereocenters. The Morgan fingerprint density at radius 3 is 1.32 bits per heavy atom. The van der Waals surface area contributed by atoms with Crippen LogP contribution in [0, 0.1) is 0 Å². The van der Waals surface area contributed by atoms with Crippen LogP contribution in [0.2, 0.25) is 0 Å². The highest BCUT2D eigenvalue weighted by molar-refractivity contribution is 6.16. The quantitative estimate of drug-likeness (QED) is 0.161. The molecular weight excluding hydrogens is 791 g/mol. The number of rotatable bonds is 7. The van der Waals surface area contributed by atoms with E-state index in [-0.39, 0.29) is 0 Å². The Hall–Kier alpha value is -8.80. The van der Waals surface area contributed by atoms with Crippen LogP contribution in [-0.4, -0.2) is 23.5 Å². The van der Waals surface area contributed by atoms with Crippen molar-refractivity contribution in [2.24, 2.45) is 0 Å². The maximum atomic E-state index is 5.47. The number of nitrogens with zero attached hydrogens (tertiary/aromatic N) is 5. The summed E-state index contributed by atoms with van der Waals surface area (Å²) in [5.41, 5.74) is 18.5. The molecule has 0 N–H and O–H groups in total. The van der Waals surface area contributed by atoms with E-state index >= 15 is 0 Å². The molecule has 0 saturated carbocycles. The molecule has 0 aliphatic rings. The van der Waals surface area contributed by atoms with E-state index in [0.717, 1.165) is 77.8 Å². The van der Waals surface area contributed by atoms with Crippen molar-refractivity contribution in [3.8, 4) is 67.5 Å². The van der Waals surface area contributed by atoms with Gasteiger partial charge in [-0.3, -0.25) is 13.5 Å². The van der Waals surface area contributed by atoms with E-state index in [1.807, 2.05) is 0 Å². The van der Waals surface area contributed by atoms with Crippen molar-refractivity contribution in [3.63, 3.8) is 0 Å². The minimum atomic E-state index is 0.613. The van der Waals surface area contributed by atoms with Crippen LogP contribution in [0.3, 0.4) is 0 Å². The van der Waals surface area contributed by atoms with Crippen LogP contribution >= 0.6 is 0 Å². The summed E-state index contributed by atoms with van der Waals surface area (Å²) in [6.07, 6.45) is 0. The van der Waals surface area contributed by atoms with Crippen molar-refractivity contribution in [2.45, 2.75) is 0 Å². The van der Waals surface area contributed by atoms with E-state index in [1.54, 1.807) is 0 Å². The molecule has 0 radical (unpaired) electrons. The molecule has 0 unspecified atom stereocenters. The lowest BCUT2D eigenvalue weighted by atomic mass is 10.0. The first-order valence-corrected chi connectivity index (χ1v) is 22.1. The number of benzene rings is 9. The third-order valence-corrected chi connectivity index (χ3v) is 12.9. The van der Waals surface area contributed by atoms with Crippen molar-refractivity contribution >= 4 is 49.4 Å². The van der Waals surface area contributed by atoms with Gasteiger partial charge in [-0.05, 0) is 70.3 Å². The highest BCUT2D eigenvalue weighted by Crippen LogP contribution is 2.43. The van der Waals surface area contributed by atoms with Gasteiger partial charge in [0.15, 0.2) is 0 Å². The van der Waals surface area contributed by atoms with Crippen LogP contribution in [0.15, 0.2) is 237 Å². The van der Waals surface area contributed by atoms with E-state index in [0.29, 0.717) is 5.95 Å². The normalized spacial score (nSPS) is 11.7. The van der Waals surface area contributed by atoms with Crippen LogP contribution in [0.4, 0.5) is 0 Å². The van der Waals surface area contributed by atoms with Crippen molar-refractivity contribution < 1.29 is 0 Å². The predicted octanol–water partition coefficient (Wildman–Crippen LogP) is 15.3. The van der Waals surface area contributed by atoms with Gasteiger partial charge < -0.3 is 0 Å². The first kappa shape index (κ1) is 36.8. The highest BCUT2D eigenvalue weighted by atomic mass is 15.2. The molecule has 0 aliphatic heterocycles. The Kier molecular flexibility index (Phi) is 8.46. The Labute approximate surface area is 375 Å². The van der Waals surface area contributed by atoms with Gasteiger partial charge in [0.05, 0.1) is 39.0 Å². The average molecular weight is 830 g/mol. The van der Waals surface area contributed by atoms with Crippen molar-refractivity contribution in [2.75, 3.05) is 0 Å². The minimum Gasteiger partial charge on any atom is -0.293 e. The van der Waals surface area contributed by atoms with Gasteiger partial charge in [0.25, 0.3) is 0 Å². The molecule has 0 saturated heterocycles. The van der Waals surface area contributed by atoms with Crippen LogP contribution in [0.25, 0.3) is 117 Å². The summed E-state index contributed by atoms with van der Waals surface area (Å²) in [4.78, 5) is 10.9. The summed E-state index contributed by atoms with van der Waals surface area (Å²) in [6.45, 7) is 0. The number of hydrogen-bond donors (Lipinski definition) is 0. The largest absolute Gasteiger partial charge is 0.293 e. The van der Waals surface area contributed by atoms with Gasteiger partial charge in [0, 0.05) is 38.5 Å². The topological polar surface area (TPSA) is 40.0 Å². The Morgan fingerprint density at radius 1 is 0.277 bits per heavy atom. The van der Waals surface area contributed by atoms with E-state index in [4.69, 9.17) is 9.97 Å². The molecule has 13 aromatic rings. The third-order valence-electron chi connectivity index (χ3n) is 12.9. The maximum absolute atomic E-state index is 5.47. The summed E-state index contributed by atoms with van der Waals surface area (Å²) in [5.74, 6) is 0.613. The number of aromatic nitrogens is 5. The zero-order valence-corrected chi connectivity index (χ0v) is 35.3. The van der Waals surface area contributed by atoms with Crippen molar-refractivity contribution in [3.05, 3.63) is 237 Å². The SMILES string of the molecule is c1ccc(-c2ccc(-c3cc(-c4ccc(-c5ccccc5)cc4)nc(-n4c5ccccc5c5cc6c(cc54)n(-c4ccccc4)c4c(-c5ccccc5)c5ccccc5n64)n3)cc2)cc1. The van der Waals surface area contributed by atoms with Gasteiger partial charge in [0.2, 0.25) is 5.95 Å². The maximum Gasteiger partial charge on any atom is 0.235 e. The molecule has 4 heterocycles. The first-order chi connectivity index (χ1) is 32.2. The smallest absolute Gasteiger partial charge is 0.235 e. The minimum absolute atomic E-state index is 0.613. The second kappa shape index (κ2) is 14.9. The van der Waals surface area contributed by atoms with Crippen LogP contribution in [-0.2, 0) is 0 Å². The lowest BCUT2D eigenvalue weighted by molar-refractivity contribution is 0.995. The number of fused-ring (bicyclic) bond motifs is 8. The van der Waals surface area contributed by atoms with Gasteiger partial charge in [-0.1, -0.05) is 194 Å². The fraction of sp³-hybridized carbons (Fsp3) is 0. The van der Waals surface area contributed by atoms with Gasteiger partial charge in [-0.15, -0.1) is 0 Å². The molecule has 5 heteroatoms. The highest BCUT2D eigenvalue weighted by Gasteiger charge is 2.25. The average Bonchev–Trinajstić information content (AvgIpc) is 4.01. The summed E-state index contributed by atoms with van der Waals surface area (Å²) in [7, 11) is 0. The van der Waals surface area contributed by atoms with E-state index in [1.165, 1.54) is 33.2 Å². The molecule has 0 fully saturated rings. The van der Waals surface area contributed by atoms with E-state index in [2.05, 4.69) is 250 Å².